The van der Waals surface area contributed by atoms with Crippen molar-refractivity contribution >= 4 is 23.2 Å². The molecule has 2 aliphatic heterocycles. The zero-order valence-electron chi connectivity index (χ0n) is 10.5. The third-order valence-electron chi connectivity index (χ3n) is 4.42. The van der Waals surface area contributed by atoms with Crippen LogP contribution < -0.4 is 0 Å². The fourth-order valence-electron chi connectivity index (χ4n) is 3.60. The molecule has 2 atom stereocenters. The van der Waals surface area contributed by atoms with Gasteiger partial charge in [0.2, 0.25) is 0 Å². The van der Waals surface area contributed by atoms with Crippen LogP contribution in [-0.2, 0) is 0 Å². The van der Waals surface area contributed by atoms with Crippen LogP contribution in [0.2, 0.25) is 10.0 Å². The van der Waals surface area contributed by atoms with Crippen LogP contribution in [0, 0.1) is 0 Å². The summed E-state index contributed by atoms with van der Waals surface area (Å²) < 4.78 is 0. The molecule has 0 spiro atoms. The molecule has 0 amide bonds. The molecule has 1 aromatic rings. The Labute approximate surface area is 119 Å². The highest BCUT2D eigenvalue weighted by Crippen LogP contribution is 2.43. The lowest BCUT2D eigenvalue weighted by Gasteiger charge is -2.45. The minimum Gasteiger partial charge on any atom is -0.293 e. The standard InChI is InChI=1S/C15H19Cl2N/c16-12-7-4-8-13(17)15(12)14-9-3-6-11-5-1-2-10-18(11)14/h4,7-8,11,14H,1-3,5-6,9-10H2/t11-,14+/m1/s1. The highest BCUT2D eigenvalue weighted by Gasteiger charge is 2.34. The molecule has 0 bridgehead atoms. The number of hydrogen-bond donors (Lipinski definition) is 0. The fourth-order valence-corrected chi connectivity index (χ4v) is 4.24. The van der Waals surface area contributed by atoms with Crippen LogP contribution in [0.25, 0.3) is 0 Å². The van der Waals surface area contributed by atoms with Gasteiger partial charge in [-0.2, -0.15) is 0 Å². The fraction of sp³-hybridized carbons (Fsp3) is 0.600. The first-order valence-corrected chi connectivity index (χ1v) is 7.72. The number of benzene rings is 1. The summed E-state index contributed by atoms with van der Waals surface area (Å²) in [5.41, 5.74) is 1.16. The van der Waals surface area contributed by atoms with Crippen LogP contribution in [0.15, 0.2) is 18.2 Å². The average Bonchev–Trinajstić information content (AvgIpc) is 2.39. The summed E-state index contributed by atoms with van der Waals surface area (Å²) in [6, 6.07) is 7.06. The maximum absolute atomic E-state index is 6.38. The number of rotatable bonds is 1. The molecule has 0 saturated carbocycles. The number of piperidine rings is 2. The third-order valence-corrected chi connectivity index (χ3v) is 5.08. The molecule has 98 valence electrons. The van der Waals surface area contributed by atoms with Gasteiger partial charge in [0, 0.05) is 27.7 Å². The van der Waals surface area contributed by atoms with Crippen LogP contribution in [0.3, 0.4) is 0 Å². The van der Waals surface area contributed by atoms with Crippen molar-refractivity contribution in [3.8, 4) is 0 Å². The maximum Gasteiger partial charge on any atom is 0.0468 e. The van der Waals surface area contributed by atoms with Crippen molar-refractivity contribution in [1.29, 1.82) is 0 Å². The second-order valence-corrected chi connectivity index (χ2v) is 6.28. The highest BCUT2D eigenvalue weighted by molar-refractivity contribution is 6.36. The molecule has 18 heavy (non-hydrogen) atoms. The molecule has 0 unspecified atom stereocenters. The molecule has 2 fully saturated rings. The molecule has 2 heterocycles. The summed E-state index contributed by atoms with van der Waals surface area (Å²) in [6.45, 7) is 1.21. The summed E-state index contributed by atoms with van der Waals surface area (Å²) >= 11 is 12.8. The monoisotopic (exact) mass is 283 g/mol. The lowest BCUT2D eigenvalue weighted by atomic mass is 9.86. The largest absolute Gasteiger partial charge is 0.293 e. The summed E-state index contributed by atoms with van der Waals surface area (Å²) in [5, 5.41) is 1.66. The van der Waals surface area contributed by atoms with E-state index in [0.717, 1.165) is 21.7 Å². The molecule has 0 aromatic heterocycles. The van der Waals surface area contributed by atoms with Crippen LogP contribution in [0.4, 0.5) is 0 Å². The highest BCUT2D eigenvalue weighted by atomic mass is 35.5. The Morgan fingerprint density at radius 3 is 2.44 bits per heavy atom. The normalized spacial score (nSPS) is 29.0. The Morgan fingerprint density at radius 2 is 1.67 bits per heavy atom. The van der Waals surface area contributed by atoms with Crippen molar-refractivity contribution < 1.29 is 0 Å². The van der Waals surface area contributed by atoms with E-state index >= 15 is 0 Å². The zero-order chi connectivity index (χ0) is 12.5. The van der Waals surface area contributed by atoms with Crippen molar-refractivity contribution in [2.45, 2.75) is 50.6 Å². The minimum atomic E-state index is 0.435. The maximum atomic E-state index is 6.38. The molecule has 1 nitrogen and oxygen atoms in total. The van der Waals surface area contributed by atoms with Crippen molar-refractivity contribution in [3.63, 3.8) is 0 Å². The van der Waals surface area contributed by atoms with Crippen molar-refractivity contribution in [1.82, 2.24) is 4.90 Å². The second-order valence-electron chi connectivity index (χ2n) is 5.47. The Morgan fingerprint density at radius 1 is 0.944 bits per heavy atom. The van der Waals surface area contributed by atoms with E-state index in [1.165, 1.54) is 45.1 Å². The van der Waals surface area contributed by atoms with Crippen LogP contribution in [0.1, 0.15) is 50.1 Å². The Hall–Kier alpha value is -0.240. The Bertz CT molecular complexity index is 410. The summed E-state index contributed by atoms with van der Waals surface area (Å²) in [7, 11) is 0. The van der Waals surface area contributed by atoms with E-state index < -0.39 is 0 Å². The van der Waals surface area contributed by atoms with Gasteiger partial charge in [0.25, 0.3) is 0 Å². The molecule has 2 saturated heterocycles. The van der Waals surface area contributed by atoms with E-state index in [1.807, 2.05) is 18.2 Å². The summed E-state index contributed by atoms with van der Waals surface area (Å²) in [6.07, 6.45) is 7.88. The molecule has 1 aromatic carbocycles. The first kappa shape index (κ1) is 12.8. The quantitative estimate of drug-likeness (QED) is 0.695. The predicted molar refractivity (Wildman–Crippen MR) is 77.4 cm³/mol. The molecule has 0 N–H and O–H groups in total. The summed E-state index contributed by atoms with van der Waals surface area (Å²) in [5.74, 6) is 0. The zero-order valence-corrected chi connectivity index (χ0v) is 12.1. The lowest BCUT2D eigenvalue weighted by Crippen LogP contribution is -2.44. The molecule has 2 aliphatic rings. The summed E-state index contributed by atoms with van der Waals surface area (Å²) in [4.78, 5) is 2.65. The van der Waals surface area contributed by atoms with Gasteiger partial charge in [-0.05, 0) is 50.8 Å². The predicted octanol–water partition coefficient (Wildman–Crippen LogP) is 5.07. The smallest absolute Gasteiger partial charge is 0.0468 e. The number of fused-ring (bicyclic) bond motifs is 1. The van der Waals surface area contributed by atoms with Gasteiger partial charge in [-0.3, -0.25) is 4.90 Å². The van der Waals surface area contributed by atoms with Crippen molar-refractivity contribution in [2.24, 2.45) is 0 Å². The third kappa shape index (κ3) is 2.29. The van der Waals surface area contributed by atoms with Gasteiger partial charge in [0.05, 0.1) is 0 Å². The van der Waals surface area contributed by atoms with Crippen LogP contribution in [-0.4, -0.2) is 17.5 Å². The van der Waals surface area contributed by atoms with Gasteiger partial charge in [-0.1, -0.05) is 35.7 Å². The van der Waals surface area contributed by atoms with E-state index in [9.17, 15) is 0 Å². The van der Waals surface area contributed by atoms with Gasteiger partial charge in [0.1, 0.15) is 0 Å². The molecule has 0 radical (unpaired) electrons. The average molecular weight is 284 g/mol. The van der Waals surface area contributed by atoms with Gasteiger partial charge in [0.15, 0.2) is 0 Å². The second kappa shape index (κ2) is 5.40. The van der Waals surface area contributed by atoms with Crippen LogP contribution in [0.5, 0.6) is 0 Å². The van der Waals surface area contributed by atoms with Gasteiger partial charge >= 0.3 is 0 Å². The van der Waals surface area contributed by atoms with E-state index in [1.54, 1.807) is 0 Å². The van der Waals surface area contributed by atoms with E-state index in [-0.39, 0.29) is 0 Å². The van der Waals surface area contributed by atoms with Gasteiger partial charge in [-0.15, -0.1) is 0 Å². The SMILES string of the molecule is Clc1cccc(Cl)c1[C@@H]1CCC[C@H]2CCCCN21. The number of halogens is 2. The lowest BCUT2D eigenvalue weighted by molar-refractivity contribution is 0.0519. The topological polar surface area (TPSA) is 3.24 Å². The van der Waals surface area contributed by atoms with Crippen LogP contribution >= 0.6 is 23.2 Å². The molecular weight excluding hydrogens is 265 g/mol. The molecule has 3 heteroatoms. The van der Waals surface area contributed by atoms with Crippen molar-refractivity contribution in [3.05, 3.63) is 33.8 Å². The van der Waals surface area contributed by atoms with Gasteiger partial charge in [-0.25, -0.2) is 0 Å². The number of nitrogens with zero attached hydrogens (tertiary/aromatic N) is 1. The number of hydrogen-bond acceptors (Lipinski definition) is 1. The van der Waals surface area contributed by atoms with E-state index in [0.29, 0.717) is 6.04 Å². The first-order chi connectivity index (χ1) is 8.77. The van der Waals surface area contributed by atoms with Gasteiger partial charge < -0.3 is 0 Å². The first-order valence-electron chi connectivity index (χ1n) is 6.97. The van der Waals surface area contributed by atoms with E-state index in [2.05, 4.69) is 4.90 Å². The molecule has 3 rings (SSSR count). The Balaban J connectivity index is 1.94. The van der Waals surface area contributed by atoms with Crippen molar-refractivity contribution in [2.75, 3.05) is 6.54 Å². The van der Waals surface area contributed by atoms with E-state index in [4.69, 9.17) is 23.2 Å². The molecular formula is C15H19Cl2N. The minimum absolute atomic E-state index is 0.435. The Kier molecular flexibility index (Phi) is 3.83. The molecule has 0 aliphatic carbocycles.